The van der Waals surface area contributed by atoms with Gasteiger partial charge in [0.1, 0.15) is 18.0 Å². The highest BCUT2D eigenvalue weighted by Gasteiger charge is 2.35. The van der Waals surface area contributed by atoms with Crippen molar-refractivity contribution in [3.05, 3.63) is 12.3 Å². The summed E-state index contributed by atoms with van der Waals surface area (Å²) in [4.78, 5) is 26.9. The largest absolute Gasteiger partial charge is 0.444 e. The van der Waals surface area contributed by atoms with Crippen LogP contribution >= 0.6 is 0 Å². The summed E-state index contributed by atoms with van der Waals surface area (Å²) in [5.74, 6) is -0.184. The van der Waals surface area contributed by atoms with E-state index in [2.05, 4.69) is 5.32 Å². The molecule has 0 aromatic heterocycles. The van der Waals surface area contributed by atoms with E-state index in [0.29, 0.717) is 6.54 Å². The van der Waals surface area contributed by atoms with E-state index in [0.717, 1.165) is 0 Å². The summed E-state index contributed by atoms with van der Waals surface area (Å²) in [6.45, 7) is 7.42. The van der Waals surface area contributed by atoms with Crippen molar-refractivity contribution in [3.8, 4) is 0 Å². The molecule has 0 unspecified atom stereocenters. The van der Waals surface area contributed by atoms with Crippen LogP contribution in [0.5, 0.6) is 0 Å². The molecule has 0 saturated carbocycles. The molecule has 1 fully saturated rings. The van der Waals surface area contributed by atoms with E-state index in [1.54, 1.807) is 40.9 Å². The molecule has 118 valence electrons. The lowest BCUT2D eigenvalue weighted by Gasteiger charge is -2.39. The lowest BCUT2D eigenvalue weighted by atomic mass is 10.1. The van der Waals surface area contributed by atoms with Gasteiger partial charge in [0.05, 0.1) is 6.04 Å². The van der Waals surface area contributed by atoms with Gasteiger partial charge in [0.2, 0.25) is 5.91 Å². The van der Waals surface area contributed by atoms with Crippen LogP contribution < -0.4 is 5.32 Å². The molecule has 7 nitrogen and oxygen atoms in total. The average Bonchev–Trinajstić information content (AvgIpc) is 2.33. The molecule has 1 aliphatic heterocycles. The van der Waals surface area contributed by atoms with Crippen LogP contribution in [0.25, 0.3) is 0 Å². The zero-order valence-electron chi connectivity index (χ0n) is 13.3. The Kier molecular flexibility index (Phi) is 5.34. The molecule has 1 rings (SSSR count). The van der Waals surface area contributed by atoms with E-state index < -0.39 is 11.7 Å². The van der Waals surface area contributed by atoms with E-state index >= 15 is 0 Å². The Bertz CT molecular complexity index is 454. The van der Waals surface area contributed by atoms with Gasteiger partial charge in [-0.05, 0) is 40.0 Å². The van der Waals surface area contributed by atoms with Gasteiger partial charge in [-0.3, -0.25) is 20.0 Å². The first-order valence-corrected chi connectivity index (χ1v) is 6.88. The number of carbonyl (C=O) groups excluding carboxylic acids is 2. The van der Waals surface area contributed by atoms with Crippen LogP contribution in [0.4, 0.5) is 4.79 Å². The summed E-state index contributed by atoms with van der Waals surface area (Å²) in [6.07, 6.45) is 2.60. The summed E-state index contributed by atoms with van der Waals surface area (Å²) in [6, 6.07) is -0.271. The van der Waals surface area contributed by atoms with Gasteiger partial charge in [-0.15, -0.1) is 0 Å². The van der Waals surface area contributed by atoms with Gasteiger partial charge >= 0.3 is 6.09 Å². The Morgan fingerprint density at radius 3 is 2.57 bits per heavy atom. The molecule has 0 aromatic carbocycles. The number of amides is 2. The lowest BCUT2D eigenvalue weighted by Crippen LogP contribution is -2.58. The van der Waals surface area contributed by atoms with Crippen molar-refractivity contribution in [1.29, 1.82) is 5.41 Å². The van der Waals surface area contributed by atoms with Crippen LogP contribution in [-0.2, 0) is 9.53 Å². The van der Waals surface area contributed by atoms with Crippen molar-refractivity contribution in [2.45, 2.75) is 39.3 Å². The third-order valence-corrected chi connectivity index (χ3v) is 2.84. The number of hydrogen-bond donors (Lipinski definition) is 2. The molecular formula is C14H24N4O3. The number of nitrogens with one attached hydrogen (secondary N) is 2. The first-order valence-electron chi connectivity index (χ1n) is 6.88. The number of nitrogens with zero attached hydrogens (tertiary/aromatic N) is 2. The fourth-order valence-corrected chi connectivity index (χ4v) is 2.03. The molecule has 1 aliphatic rings. The predicted molar refractivity (Wildman–Crippen MR) is 80.0 cm³/mol. The quantitative estimate of drug-likeness (QED) is 0.591. The van der Waals surface area contributed by atoms with E-state index in [1.807, 2.05) is 0 Å². The maximum atomic E-state index is 12.2. The van der Waals surface area contributed by atoms with Gasteiger partial charge < -0.3 is 10.1 Å². The zero-order valence-corrected chi connectivity index (χ0v) is 13.3. The predicted octanol–water partition coefficient (Wildman–Crippen LogP) is 1.16. The Morgan fingerprint density at radius 2 is 2.10 bits per heavy atom. The normalized spacial score (nSPS) is 19.9. The Labute approximate surface area is 125 Å². The van der Waals surface area contributed by atoms with Crippen LogP contribution in [0.3, 0.4) is 0 Å². The minimum atomic E-state index is -0.594. The molecule has 1 saturated heterocycles. The number of ether oxygens (including phenoxy) is 1. The molecular weight excluding hydrogens is 272 g/mol. The van der Waals surface area contributed by atoms with E-state index in [-0.39, 0.29) is 24.3 Å². The number of piperazine rings is 1. The fourth-order valence-electron chi connectivity index (χ4n) is 2.03. The van der Waals surface area contributed by atoms with Gasteiger partial charge in [-0.1, -0.05) is 0 Å². The van der Waals surface area contributed by atoms with Crippen molar-refractivity contribution in [1.82, 2.24) is 15.1 Å². The molecule has 1 atom stereocenters. The van der Waals surface area contributed by atoms with Gasteiger partial charge in [0.15, 0.2) is 0 Å². The van der Waals surface area contributed by atoms with Crippen LogP contribution in [0.15, 0.2) is 12.3 Å². The van der Waals surface area contributed by atoms with Crippen LogP contribution in [0, 0.1) is 5.41 Å². The third-order valence-electron chi connectivity index (χ3n) is 2.84. The average molecular weight is 296 g/mol. The van der Waals surface area contributed by atoms with Gasteiger partial charge in [0.25, 0.3) is 0 Å². The highest BCUT2D eigenvalue weighted by Crippen LogP contribution is 2.16. The second-order valence-electron chi connectivity index (χ2n) is 5.98. The zero-order chi connectivity index (χ0) is 16.2. The van der Waals surface area contributed by atoms with Crippen LogP contribution in [0.1, 0.15) is 27.7 Å². The number of amidine groups is 1. The Morgan fingerprint density at radius 1 is 1.48 bits per heavy atom. The molecule has 0 bridgehead atoms. The first kappa shape index (κ1) is 17.0. The maximum Gasteiger partial charge on any atom is 0.410 e. The third kappa shape index (κ3) is 4.77. The maximum absolute atomic E-state index is 12.2. The lowest BCUT2D eigenvalue weighted by molar-refractivity contribution is -0.133. The molecule has 0 aliphatic carbocycles. The van der Waals surface area contributed by atoms with E-state index in [1.165, 1.54) is 15.9 Å². The standard InChI is InChI=1S/C14H24N4O3/c1-10-8-17(13(20)21-14(2,3)4)9-12(19)18(10)11(15)6-7-16-5/h6-7,10,15-16H,8-9H2,1-5H3/b7-6-,15-11?/t10-/m0/s1. The molecule has 21 heavy (non-hydrogen) atoms. The highest BCUT2D eigenvalue weighted by atomic mass is 16.6. The highest BCUT2D eigenvalue weighted by molar-refractivity contribution is 6.04. The van der Waals surface area contributed by atoms with Crippen LogP contribution in [0.2, 0.25) is 0 Å². The molecule has 1 heterocycles. The summed E-state index contributed by atoms with van der Waals surface area (Å²) < 4.78 is 5.27. The SMILES string of the molecule is CN/C=C\C(=N)N1C(=O)CN(C(=O)OC(C)(C)C)C[C@@H]1C. The van der Waals surface area contributed by atoms with Crippen molar-refractivity contribution >= 4 is 17.8 Å². The van der Waals surface area contributed by atoms with Crippen molar-refractivity contribution < 1.29 is 14.3 Å². The summed E-state index contributed by atoms with van der Waals surface area (Å²) in [7, 11) is 1.72. The fraction of sp³-hybridized carbons (Fsp3) is 0.643. The van der Waals surface area contributed by atoms with Gasteiger partial charge in [0, 0.05) is 13.6 Å². The Hall–Kier alpha value is -2.05. The topological polar surface area (TPSA) is 85.7 Å². The van der Waals surface area contributed by atoms with E-state index in [9.17, 15) is 9.59 Å². The first-order chi connectivity index (χ1) is 9.65. The number of hydrogen-bond acceptors (Lipinski definition) is 5. The van der Waals surface area contributed by atoms with Gasteiger partial charge in [-0.2, -0.15) is 0 Å². The van der Waals surface area contributed by atoms with E-state index in [4.69, 9.17) is 10.1 Å². The molecule has 0 aromatic rings. The summed E-state index contributed by atoms with van der Waals surface area (Å²) >= 11 is 0. The van der Waals surface area contributed by atoms with Crippen molar-refractivity contribution in [3.63, 3.8) is 0 Å². The number of rotatable bonds is 2. The Balaban J connectivity index is 2.74. The molecule has 2 amide bonds. The minimum Gasteiger partial charge on any atom is -0.444 e. The van der Waals surface area contributed by atoms with Crippen molar-refractivity contribution in [2.24, 2.45) is 0 Å². The molecule has 2 N–H and O–H groups in total. The molecule has 7 heteroatoms. The molecule has 0 radical (unpaired) electrons. The summed E-state index contributed by atoms with van der Waals surface area (Å²) in [5, 5.41) is 10.7. The van der Waals surface area contributed by atoms with Gasteiger partial charge in [-0.25, -0.2) is 4.79 Å². The second kappa shape index (κ2) is 6.60. The second-order valence-corrected chi connectivity index (χ2v) is 5.98. The number of carbonyl (C=O) groups is 2. The summed E-state index contributed by atoms with van der Waals surface area (Å²) in [5.41, 5.74) is -0.594. The van der Waals surface area contributed by atoms with Crippen LogP contribution in [-0.4, -0.2) is 59.4 Å². The molecule has 0 spiro atoms. The minimum absolute atomic E-state index is 0.0744. The monoisotopic (exact) mass is 296 g/mol. The smallest absolute Gasteiger partial charge is 0.410 e. The van der Waals surface area contributed by atoms with Crippen molar-refractivity contribution in [2.75, 3.05) is 20.1 Å².